The number of esters is 1. The summed E-state index contributed by atoms with van der Waals surface area (Å²) in [6.45, 7) is 7.92. The van der Waals surface area contributed by atoms with Gasteiger partial charge in [-0.05, 0) is 35.7 Å². The van der Waals surface area contributed by atoms with Crippen molar-refractivity contribution in [3.8, 4) is 0 Å². The molecule has 3 rings (SSSR count). The van der Waals surface area contributed by atoms with E-state index in [4.69, 9.17) is 4.74 Å². The van der Waals surface area contributed by atoms with Gasteiger partial charge in [-0.1, -0.05) is 61.0 Å². The summed E-state index contributed by atoms with van der Waals surface area (Å²) >= 11 is 3.56. The molecule has 0 saturated heterocycles. The molecule has 0 saturated carbocycles. The van der Waals surface area contributed by atoms with Crippen molar-refractivity contribution in [1.82, 2.24) is 0 Å². The summed E-state index contributed by atoms with van der Waals surface area (Å²) in [7, 11) is 0. The van der Waals surface area contributed by atoms with E-state index in [-0.39, 0.29) is 23.5 Å². The smallest absolute Gasteiger partial charge is 0.303 e. The number of fused-ring (bicyclic) bond motifs is 1. The number of carbonyl (C=O) groups excluding carboxylic acids is 1. The fraction of sp³-hybridized carbons (Fsp3) is 0.381. The van der Waals surface area contributed by atoms with Crippen molar-refractivity contribution in [3.05, 3.63) is 63.6 Å². The first kappa shape index (κ1) is 18.0. The molecule has 2 unspecified atom stereocenters. The van der Waals surface area contributed by atoms with Crippen molar-refractivity contribution in [3.63, 3.8) is 0 Å². The van der Waals surface area contributed by atoms with Gasteiger partial charge in [-0.25, -0.2) is 0 Å². The molecule has 0 aliphatic carbocycles. The second-order valence-electron chi connectivity index (χ2n) is 7.22. The molecule has 132 valence electrons. The van der Waals surface area contributed by atoms with E-state index in [1.54, 1.807) is 0 Å². The van der Waals surface area contributed by atoms with Crippen molar-refractivity contribution in [2.75, 3.05) is 5.32 Å². The molecule has 1 aliphatic heterocycles. The van der Waals surface area contributed by atoms with E-state index in [1.807, 2.05) is 12.1 Å². The molecular weight excluding hydrogens is 378 g/mol. The monoisotopic (exact) mass is 401 g/mol. The van der Waals surface area contributed by atoms with Gasteiger partial charge in [0, 0.05) is 28.1 Å². The number of ether oxygens (including phenoxy) is 1. The highest BCUT2D eigenvalue weighted by atomic mass is 79.9. The summed E-state index contributed by atoms with van der Waals surface area (Å²) < 4.78 is 6.86. The van der Waals surface area contributed by atoms with Gasteiger partial charge in [-0.2, -0.15) is 0 Å². The topological polar surface area (TPSA) is 38.3 Å². The number of hydrogen-bond acceptors (Lipinski definition) is 3. The van der Waals surface area contributed by atoms with Crippen LogP contribution in [0.3, 0.4) is 0 Å². The minimum absolute atomic E-state index is 0.0364. The predicted molar refractivity (Wildman–Crippen MR) is 105 cm³/mol. The highest BCUT2D eigenvalue weighted by molar-refractivity contribution is 9.10. The van der Waals surface area contributed by atoms with Crippen molar-refractivity contribution in [2.45, 2.75) is 46.3 Å². The van der Waals surface area contributed by atoms with E-state index in [1.165, 1.54) is 18.1 Å². The Labute approximate surface area is 157 Å². The number of halogens is 1. The molecule has 0 spiro atoms. The van der Waals surface area contributed by atoms with Crippen LogP contribution < -0.4 is 5.32 Å². The SMILES string of the molecule is CCc1ccc2c(c1)C(OC(C)=O)C(C)(C)C(c1cccc(Br)c1)N2. The van der Waals surface area contributed by atoms with Gasteiger partial charge in [0.15, 0.2) is 0 Å². The third kappa shape index (κ3) is 3.45. The molecule has 0 amide bonds. The van der Waals surface area contributed by atoms with Crippen LogP contribution in [0.25, 0.3) is 0 Å². The molecule has 0 aromatic heterocycles. The van der Waals surface area contributed by atoms with E-state index in [0.29, 0.717) is 0 Å². The summed E-state index contributed by atoms with van der Waals surface area (Å²) in [5.74, 6) is -0.249. The third-order valence-corrected chi connectivity index (χ3v) is 5.49. The van der Waals surface area contributed by atoms with Crippen LogP contribution in [-0.4, -0.2) is 5.97 Å². The fourth-order valence-corrected chi connectivity index (χ4v) is 4.07. The first-order valence-electron chi connectivity index (χ1n) is 8.65. The van der Waals surface area contributed by atoms with Gasteiger partial charge in [-0.3, -0.25) is 4.79 Å². The van der Waals surface area contributed by atoms with E-state index < -0.39 is 0 Å². The van der Waals surface area contributed by atoms with Crippen LogP contribution in [-0.2, 0) is 16.0 Å². The van der Waals surface area contributed by atoms with Crippen LogP contribution in [0.15, 0.2) is 46.9 Å². The minimum Gasteiger partial charge on any atom is -0.457 e. The summed E-state index contributed by atoms with van der Waals surface area (Å²) in [6, 6.07) is 14.7. The van der Waals surface area contributed by atoms with Crippen molar-refractivity contribution in [1.29, 1.82) is 0 Å². The normalized spacial score (nSPS) is 21.2. The van der Waals surface area contributed by atoms with Gasteiger partial charge in [0.2, 0.25) is 0 Å². The van der Waals surface area contributed by atoms with Crippen LogP contribution in [0.5, 0.6) is 0 Å². The molecule has 2 aromatic carbocycles. The van der Waals surface area contributed by atoms with Gasteiger partial charge in [0.05, 0.1) is 6.04 Å². The summed E-state index contributed by atoms with van der Waals surface area (Å²) in [5.41, 5.74) is 4.21. The Morgan fingerprint density at radius 2 is 2.00 bits per heavy atom. The van der Waals surface area contributed by atoms with E-state index in [9.17, 15) is 4.79 Å². The zero-order chi connectivity index (χ0) is 18.2. The lowest BCUT2D eigenvalue weighted by Crippen LogP contribution is -2.40. The van der Waals surface area contributed by atoms with Gasteiger partial charge >= 0.3 is 5.97 Å². The second-order valence-corrected chi connectivity index (χ2v) is 8.13. The maximum atomic E-state index is 11.8. The number of benzene rings is 2. The fourth-order valence-electron chi connectivity index (χ4n) is 3.65. The van der Waals surface area contributed by atoms with Crippen LogP contribution in [0.2, 0.25) is 0 Å². The maximum Gasteiger partial charge on any atom is 0.303 e. The van der Waals surface area contributed by atoms with E-state index in [2.05, 4.69) is 72.3 Å². The molecule has 0 radical (unpaired) electrons. The lowest BCUT2D eigenvalue weighted by Gasteiger charge is -2.46. The summed E-state index contributed by atoms with van der Waals surface area (Å²) in [5, 5.41) is 3.67. The molecular formula is C21H24BrNO2. The van der Waals surface area contributed by atoms with Gasteiger partial charge in [0.25, 0.3) is 0 Å². The lowest BCUT2D eigenvalue weighted by atomic mass is 9.70. The highest BCUT2D eigenvalue weighted by Crippen LogP contribution is 2.53. The molecule has 25 heavy (non-hydrogen) atoms. The predicted octanol–water partition coefficient (Wildman–Crippen LogP) is 5.81. The zero-order valence-electron chi connectivity index (χ0n) is 15.1. The molecule has 1 N–H and O–H groups in total. The number of carbonyl (C=O) groups is 1. The molecule has 4 heteroatoms. The zero-order valence-corrected chi connectivity index (χ0v) is 16.7. The van der Waals surface area contributed by atoms with E-state index >= 15 is 0 Å². The van der Waals surface area contributed by atoms with Crippen LogP contribution >= 0.6 is 15.9 Å². The largest absolute Gasteiger partial charge is 0.457 e. The Morgan fingerprint density at radius 1 is 1.24 bits per heavy atom. The average Bonchev–Trinajstić information content (AvgIpc) is 2.56. The Morgan fingerprint density at radius 3 is 2.64 bits per heavy atom. The second kappa shape index (κ2) is 6.83. The first-order valence-corrected chi connectivity index (χ1v) is 9.44. The van der Waals surface area contributed by atoms with Gasteiger partial charge < -0.3 is 10.1 Å². The quantitative estimate of drug-likeness (QED) is 0.659. The number of aryl methyl sites for hydroxylation is 1. The first-order chi connectivity index (χ1) is 11.8. The number of nitrogens with one attached hydrogen (secondary N) is 1. The van der Waals surface area contributed by atoms with Gasteiger partial charge in [0.1, 0.15) is 6.10 Å². The Bertz CT molecular complexity index is 800. The minimum atomic E-state index is -0.300. The molecule has 3 nitrogen and oxygen atoms in total. The molecule has 1 aliphatic rings. The van der Waals surface area contributed by atoms with Crippen molar-refractivity contribution < 1.29 is 9.53 Å². The Balaban J connectivity index is 2.13. The van der Waals surface area contributed by atoms with Crippen molar-refractivity contribution in [2.24, 2.45) is 5.41 Å². The summed E-state index contributed by atoms with van der Waals surface area (Å²) in [4.78, 5) is 11.8. The standard InChI is InChI=1S/C21H24BrNO2/c1-5-14-9-10-18-17(11-14)20(25-13(2)24)21(3,4)19(23-18)15-7-6-8-16(22)12-15/h6-12,19-20,23H,5H2,1-4H3. The van der Waals surface area contributed by atoms with Crippen LogP contribution in [0.1, 0.15) is 56.5 Å². The number of anilines is 1. The van der Waals surface area contributed by atoms with E-state index in [0.717, 1.165) is 22.1 Å². The Hall–Kier alpha value is -1.81. The molecule has 1 heterocycles. The van der Waals surface area contributed by atoms with Gasteiger partial charge in [-0.15, -0.1) is 0 Å². The number of rotatable bonds is 3. The Kier molecular flexibility index (Phi) is 4.92. The third-order valence-electron chi connectivity index (χ3n) is 4.99. The lowest BCUT2D eigenvalue weighted by molar-refractivity contribution is -0.154. The summed E-state index contributed by atoms with van der Waals surface area (Å²) in [6.07, 6.45) is 0.659. The molecule has 2 atom stereocenters. The molecule has 0 fully saturated rings. The number of hydrogen-bond donors (Lipinski definition) is 1. The van der Waals surface area contributed by atoms with Crippen molar-refractivity contribution >= 4 is 27.6 Å². The highest BCUT2D eigenvalue weighted by Gasteiger charge is 2.46. The average molecular weight is 402 g/mol. The molecule has 0 bridgehead atoms. The molecule has 2 aromatic rings. The van der Waals surface area contributed by atoms with Crippen LogP contribution in [0.4, 0.5) is 5.69 Å². The van der Waals surface area contributed by atoms with Crippen LogP contribution in [0, 0.1) is 5.41 Å². The maximum absolute atomic E-state index is 11.8.